The number of benzene rings is 1. The summed E-state index contributed by atoms with van der Waals surface area (Å²) in [6.45, 7) is 0.591. The molecule has 0 bridgehead atoms. The third-order valence-electron chi connectivity index (χ3n) is 1.93. The minimum Gasteiger partial charge on any atom is -0.378 e. The quantitative estimate of drug-likeness (QED) is 0.836. The molecule has 84 valence electrons. The first kappa shape index (κ1) is 13.0. The molecule has 3 nitrogen and oxygen atoms in total. The molecule has 0 saturated heterocycles. The molecule has 0 heterocycles. The summed E-state index contributed by atoms with van der Waals surface area (Å²) in [6.07, 6.45) is -0.246. The number of anilines is 1. The van der Waals surface area contributed by atoms with Gasteiger partial charge in [-0.1, -0.05) is 6.07 Å². The number of ether oxygens (including phenoxy) is 2. The molecule has 0 aliphatic rings. The predicted molar refractivity (Wildman–Crippen MR) is 68.1 cm³/mol. The molecule has 0 aliphatic heterocycles. The van der Waals surface area contributed by atoms with Crippen LogP contribution in [0.3, 0.4) is 0 Å². The minimum absolute atomic E-state index is 0.246. The van der Waals surface area contributed by atoms with Gasteiger partial charge < -0.3 is 14.8 Å². The molecular weight excluding hydrogens is 326 g/mol. The highest BCUT2D eigenvalue weighted by Gasteiger charge is 2.08. The molecule has 0 amide bonds. The molecular formula is C10H13Br2NO2. The average Bonchev–Trinajstić information content (AvgIpc) is 2.23. The number of nitrogens with one attached hydrogen (secondary N) is 1. The molecule has 5 heteroatoms. The fraction of sp³-hybridized carbons (Fsp3) is 0.400. The van der Waals surface area contributed by atoms with Crippen molar-refractivity contribution in [3.63, 3.8) is 0 Å². The standard InChI is InChI=1S/C10H13Br2NO2/c1-14-9(15-2)6-13-10-7(11)4-3-5-8(10)12/h3-5,9,13H,6H2,1-2H3. The smallest absolute Gasteiger partial charge is 0.173 e. The van der Waals surface area contributed by atoms with Gasteiger partial charge in [-0.2, -0.15) is 0 Å². The van der Waals surface area contributed by atoms with Gasteiger partial charge in [-0.25, -0.2) is 0 Å². The van der Waals surface area contributed by atoms with Gasteiger partial charge in [-0.05, 0) is 44.0 Å². The zero-order valence-electron chi connectivity index (χ0n) is 8.59. The molecule has 0 aromatic heterocycles. The van der Waals surface area contributed by atoms with Crippen molar-refractivity contribution < 1.29 is 9.47 Å². The lowest BCUT2D eigenvalue weighted by molar-refractivity contribution is -0.0914. The van der Waals surface area contributed by atoms with E-state index in [9.17, 15) is 0 Å². The van der Waals surface area contributed by atoms with E-state index in [1.807, 2.05) is 18.2 Å². The van der Waals surface area contributed by atoms with E-state index in [1.165, 1.54) is 0 Å². The van der Waals surface area contributed by atoms with Crippen LogP contribution >= 0.6 is 31.9 Å². The number of hydrogen-bond donors (Lipinski definition) is 1. The van der Waals surface area contributed by atoms with Crippen LogP contribution in [-0.2, 0) is 9.47 Å². The van der Waals surface area contributed by atoms with E-state index in [0.717, 1.165) is 14.6 Å². The Balaban J connectivity index is 2.64. The van der Waals surface area contributed by atoms with E-state index in [2.05, 4.69) is 37.2 Å². The van der Waals surface area contributed by atoms with Gasteiger partial charge in [-0.15, -0.1) is 0 Å². The van der Waals surface area contributed by atoms with Crippen LogP contribution in [0.1, 0.15) is 0 Å². The lowest BCUT2D eigenvalue weighted by Crippen LogP contribution is -2.23. The van der Waals surface area contributed by atoms with E-state index in [4.69, 9.17) is 9.47 Å². The maximum Gasteiger partial charge on any atom is 0.173 e. The van der Waals surface area contributed by atoms with Crippen LogP contribution in [0.15, 0.2) is 27.1 Å². The van der Waals surface area contributed by atoms with Gasteiger partial charge in [-0.3, -0.25) is 0 Å². The van der Waals surface area contributed by atoms with Gasteiger partial charge in [0.15, 0.2) is 6.29 Å². The van der Waals surface area contributed by atoms with Crippen molar-refractivity contribution in [2.45, 2.75) is 6.29 Å². The van der Waals surface area contributed by atoms with Crippen LogP contribution in [0.5, 0.6) is 0 Å². The van der Waals surface area contributed by atoms with Crippen LogP contribution < -0.4 is 5.32 Å². The van der Waals surface area contributed by atoms with Crippen LogP contribution in [0.25, 0.3) is 0 Å². The Morgan fingerprint density at radius 3 is 2.20 bits per heavy atom. The highest BCUT2D eigenvalue weighted by Crippen LogP contribution is 2.30. The molecule has 15 heavy (non-hydrogen) atoms. The maximum atomic E-state index is 5.09. The van der Waals surface area contributed by atoms with Crippen LogP contribution in [0.4, 0.5) is 5.69 Å². The summed E-state index contributed by atoms with van der Waals surface area (Å²) in [7, 11) is 3.23. The van der Waals surface area contributed by atoms with Crippen molar-refractivity contribution in [2.75, 3.05) is 26.1 Å². The second kappa shape index (κ2) is 6.48. The number of para-hydroxylation sites is 1. The number of rotatable bonds is 5. The highest BCUT2D eigenvalue weighted by molar-refractivity contribution is 9.11. The van der Waals surface area contributed by atoms with Gasteiger partial charge >= 0.3 is 0 Å². The van der Waals surface area contributed by atoms with Crippen molar-refractivity contribution in [3.05, 3.63) is 27.1 Å². The Bertz CT molecular complexity index is 296. The lowest BCUT2D eigenvalue weighted by Gasteiger charge is -2.16. The maximum absolute atomic E-state index is 5.09. The Morgan fingerprint density at radius 2 is 1.73 bits per heavy atom. The zero-order chi connectivity index (χ0) is 11.3. The third kappa shape index (κ3) is 3.75. The van der Waals surface area contributed by atoms with E-state index in [0.29, 0.717) is 6.54 Å². The first-order valence-electron chi connectivity index (χ1n) is 4.42. The Labute approximate surface area is 106 Å². The SMILES string of the molecule is COC(CNc1c(Br)cccc1Br)OC. The molecule has 0 unspecified atom stereocenters. The molecule has 1 rings (SSSR count). The van der Waals surface area contributed by atoms with Gasteiger partial charge in [0.25, 0.3) is 0 Å². The molecule has 1 N–H and O–H groups in total. The van der Waals surface area contributed by atoms with Gasteiger partial charge in [0.05, 0.1) is 12.2 Å². The summed E-state index contributed by atoms with van der Waals surface area (Å²) in [4.78, 5) is 0. The first-order chi connectivity index (χ1) is 7.19. The average molecular weight is 339 g/mol. The van der Waals surface area contributed by atoms with Crippen LogP contribution in [0, 0.1) is 0 Å². The van der Waals surface area contributed by atoms with Gasteiger partial charge in [0.2, 0.25) is 0 Å². The number of methoxy groups -OCH3 is 2. The molecule has 0 aliphatic carbocycles. The Hall–Kier alpha value is -0.100. The van der Waals surface area contributed by atoms with Crippen molar-refractivity contribution in [3.8, 4) is 0 Å². The van der Waals surface area contributed by atoms with Crippen molar-refractivity contribution in [1.82, 2.24) is 0 Å². The normalized spacial score (nSPS) is 10.7. The topological polar surface area (TPSA) is 30.5 Å². The van der Waals surface area contributed by atoms with Crippen LogP contribution in [0.2, 0.25) is 0 Å². The van der Waals surface area contributed by atoms with Gasteiger partial charge in [0.1, 0.15) is 0 Å². The Kier molecular flexibility index (Phi) is 5.60. The summed E-state index contributed by atoms with van der Waals surface area (Å²) in [6, 6.07) is 5.91. The second-order valence-corrected chi connectivity index (χ2v) is 4.59. The fourth-order valence-corrected chi connectivity index (χ4v) is 2.39. The molecule has 0 atom stereocenters. The van der Waals surface area contributed by atoms with Crippen molar-refractivity contribution >= 4 is 37.5 Å². The summed E-state index contributed by atoms with van der Waals surface area (Å²) in [5, 5.41) is 3.24. The molecule has 1 aromatic rings. The van der Waals surface area contributed by atoms with E-state index >= 15 is 0 Å². The molecule has 0 saturated carbocycles. The fourth-order valence-electron chi connectivity index (χ4n) is 1.11. The molecule has 0 spiro atoms. The Morgan fingerprint density at radius 1 is 1.20 bits per heavy atom. The summed E-state index contributed by atoms with van der Waals surface area (Å²) in [5.74, 6) is 0. The van der Waals surface area contributed by atoms with Crippen molar-refractivity contribution in [2.24, 2.45) is 0 Å². The molecule has 0 fully saturated rings. The van der Waals surface area contributed by atoms with Crippen LogP contribution in [-0.4, -0.2) is 27.1 Å². The highest BCUT2D eigenvalue weighted by atomic mass is 79.9. The first-order valence-corrected chi connectivity index (χ1v) is 6.01. The summed E-state index contributed by atoms with van der Waals surface area (Å²) in [5.41, 5.74) is 0.997. The van der Waals surface area contributed by atoms with E-state index in [1.54, 1.807) is 14.2 Å². The van der Waals surface area contributed by atoms with Crippen molar-refractivity contribution in [1.29, 1.82) is 0 Å². The monoisotopic (exact) mass is 337 g/mol. The van der Waals surface area contributed by atoms with Gasteiger partial charge in [0, 0.05) is 23.2 Å². The predicted octanol–water partition coefficient (Wildman–Crippen LogP) is 3.24. The number of hydrogen-bond acceptors (Lipinski definition) is 3. The van der Waals surface area contributed by atoms with E-state index < -0.39 is 0 Å². The molecule has 1 aromatic carbocycles. The zero-order valence-corrected chi connectivity index (χ0v) is 11.8. The molecule has 0 radical (unpaired) electrons. The largest absolute Gasteiger partial charge is 0.378 e. The lowest BCUT2D eigenvalue weighted by atomic mass is 10.3. The minimum atomic E-state index is -0.246. The van der Waals surface area contributed by atoms with E-state index in [-0.39, 0.29) is 6.29 Å². The summed E-state index contributed by atoms with van der Waals surface area (Å²) >= 11 is 6.93. The second-order valence-electron chi connectivity index (χ2n) is 2.88. The third-order valence-corrected chi connectivity index (χ3v) is 3.26. The summed E-state index contributed by atoms with van der Waals surface area (Å²) < 4.78 is 12.2. The number of halogens is 2.